The van der Waals surface area contributed by atoms with Crippen molar-refractivity contribution < 1.29 is 4.42 Å². The Hall–Kier alpha value is -0.870. The van der Waals surface area contributed by atoms with E-state index in [-0.39, 0.29) is 11.6 Å². The molecule has 16 heavy (non-hydrogen) atoms. The number of nitrogens with one attached hydrogen (secondary N) is 2. The summed E-state index contributed by atoms with van der Waals surface area (Å²) >= 11 is 0. The summed E-state index contributed by atoms with van der Waals surface area (Å²) in [5.74, 6) is 1.62. The summed E-state index contributed by atoms with van der Waals surface area (Å²) in [4.78, 5) is 4.19. The molecule has 4 nitrogen and oxygen atoms in total. The van der Waals surface area contributed by atoms with Crippen LogP contribution >= 0.6 is 0 Å². The lowest BCUT2D eigenvalue weighted by Crippen LogP contribution is -2.40. The average molecular weight is 225 g/mol. The van der Waals surface area contributed by atoms with Gasteiger partial charge < -0.3 is 15.1 Å². The molecule has 1 aromatic heterocycles. The molecule has 0 radical (unpaired) electrons. The third-order valence-electron chi connectivity index (χ3n) is 2.24. The summed E-state index contributed by atoms with van der Waals surface area (Å²) < 4.78 is 5.45. The lowest BCUT2D eigenvalue weighted by atomic mass is 10.1. The minimum Gasteiger partial charge on any atom is -0.444 e. The van der Waals surface area contributed by atoms with Crippen molar-refractivity contribution in [3.63, 3.8) is 0 Å². The molecule has 0 aliphatic heterocycles. The van der Waals surface area contributed by atoms with Gasteiger partial charge in [-0.2, -0.15) is 0 Å². The minimum atomic E-state index is 0.162. The van der Waals surface area contributed by atoms with Gasteiger partial charge in [-0.1, -0.05) is 0 Å². The molecule has 0 aliphatic rings. The fraction of sp³-hybridized carbons (Fsp3) is 0.750. The number of hydrogen-bond donors (Lipinski definition) is 2. The van der Waals surface area contributed by atoms with Crippen LogP contribution in [-0.2, 0) is 0 Å². The van der Waals surface area contributed by atoms with Crippen molar-refractivity contribution in [1.82, 2.24) is 15.6 Å². The van der Waals surface area contributed by atoms with Gasteiger partial charge in [0.25, 0.3) is 0 Å². The van der Waals surface area contributed by atoms with Gasteiger partial charge in [0.05, 0.1) is 12.2 Å². The Bertz CT molecular complexity index is 314. The van der Waals surface area contributed by atoms with Crippen LogP contribution in [0, 0.1) is 6.92 Å². The molecule has 1 atom stereocenters. The fourth-order valence-corrected chi connectivity index (χ4v) is 1.39. The lowest BCUT2D eigenvalue weighted by Gasteiger charge is -2.21. The maximum atomic E-state index is 5.45. The number of aromatic nitrogens is 1. The first-order valence-corrected chi connectivity index (χ1v) is 5.79. The topological polar surface area (TPSA) is 50.1 Å². The molecule has 0 fully saturated rings. The van der Waals surface area contributed by atoms with E-state index in [1.807, 2.05) is 6.92 Å². The van der Waals surface area contributed by atoms with Gasteiger partial charge in [0.2, 0.25) is 5.89 Å². The summed E-state index contributed by atoms with van der Waals surface area (Å²) in [6.07, 6.45) is 1.75. The van der Waals surface area contributed by atoms with Gasteiger partial charge >= 0.3 is 0 Å². The Labute approximate surface area is 97.8 Å². The largest absolute Gasteiger partial charge is 0.444 e. The monoisotopic (exact) mass is 225 g/mol. The van der Waals surface area contributed by atoms with Gasteiger partial charge in [0, 0.05) is 18.6 Å². The molecule has 1 heterocycles. The standard InChI is InChI=1S/C12H23N3O/c1-9-8-14-11(16-9)10(2)13-6-7-15-12(3,4)5/h8,10,13,15H,6-7H2,1-5H3. The Kier molecular flexibility index (Phi) is 4.50. The van der Waals surface area contributed by atoms with Crippen molar-refractivity contribution in [1.29, 1.82) is 0 Å². The highest BCUT2D eigenvalue weighted by atomic mass is 16.4. The van der Waals surface area contributed by atoms with E-state index < -0.39 is 0 Å². The lowest BCUT2D eigenvalue weighted by molar-refractivity contribution is 0.382. The van der Waals surface area contributed by atoms with Crippen LogP contribution < -0.4 is 10.6 Å². The van der Waals surface area contributed by atoms with Crippen molar-refractivity contribution >= 4 is 0 Å². The van der Waals surface area contributed by atoms with Crippen molar-refractivity contribution in [2.24, 2.45) is 0 Å². The predicted molar refractivity (Wildman–Crippen MR) is 65.4 cm³/mol. The van der Waals surface area contributed by atoms with Crippen LogP contribution in [0.25, 0.3) is 0 Å². The minimum absolute atomic E-state index is 0.162. The third kappa shape index (κ3) is 4.77. The van der Waals surface area contributed by atoms with Crippen molar-refractivity contribution in [2.45, 2.75) is 46.2 Å². The van der Waals surface area contributed by atoms with E-state index in [0.717, 1.165) is 24.7 Å². The van der Waals surface area contributed by atoms with Crippen molar-refractivity contribution in [3.05, 3.63) is 17.8 Å². The summed E-state index contributed by atoms with van der Waals surface area (Å²) in [5, 5.41) is 6.79. The van der Waals surface area contributed by atoms with Gasteiger partial charge in [-0.05, 0) is 34.6 Å². The summed E-state index contributed by atoms with van der Waals surface area (Å²) in [6.45, 7) is 12.3. The van der Waals surface area contributed by atoms with Gasteiger partial charge in [-0.15, -0.1) is 0 Å². The zero-order valence-electron chi connectivity index (χ0n) is 10.9. The van der Waals surface area contributed by atoms with Gasteiger partial charge in [0.1, 0.15) is 5.76 Å². The van der Waals surface area contributed by atoms with E-state index in [1.165, 1.54) is 0 Å². The van der Waals surface area contributed by atoms with Crippen LogP contribution in [0.5, 0.6) is 0 Å². The third-order valence-corrected chi connectivity index (χ3v) is 2.24. The molecule has 2 N–H and O–H groups in total. The first kappa shape index (κ1) is 13.2. The Morgan fingerprint density at radius 1 is 1.38 bits per heavy atom. The molecule has 0 saturated carbocycles. The zero-order chi connectivity index (χ0) is 12.2. The number of oxazole rings is 1. The first-order valence-electron chi connectivity index (χ1n) is 5.79. The molecule has 0 bridgehead atoms. The maximum Gasteiger partial charge on any atom is 0.211 e. The van der Waals surface area contributed by atoms with E-state index in [4.69, 9.17) is 4.42 Å². The molecule has 0 saturated heterocycles. The van der Waals surface area contributed by atoms with Gasteiger partial charge in [-0.3, -0.25) is 0 Å². The second-order valence-electron chi connectivity index (χ2n) is 5.16. The fourth-order valence-electron chi connectivity index (χ4n) is 1.39. The second-order valence-corrected chi connectivity index (χ2v) is 5.16. The number of aryl methyl sites for hydroxylation is 1. The van der Waals surface area contributed by atoms with E-state index >= 15 is 0 Å². The summed E-state index contributed by atoms with van der Waals surface area (Å²) in [5.41, 5.74) is 0.171. The van der Waals surface area contributed by atoms with Crippen LogP contribution in [0.1, 0.15) is 45.4 Å². The van der Waals surface area contributed by atoms with Gasteiger partial charge in [0.15, 0.2) is 0 Å². The highest BCUT2D eigenvalue weighted by Crippen LogP contribution is 2.11. The maximum absolute atomic E-state index is 5.45. The van der Waals surface area contributed by atoms with Crippen LogP contribution in [0.15, 0.2) is 10.6 Å². The normalized spacial score (nSPS) is 14.1. The van der Waals surface area contributed by atoms with Crippen molar-refractivity contribution in [3.8, 4) is 0 Å². The molecule has 0 spiro atoms. The van der Waals surface area contributed by atoms with Crippen LogP contribution in [-0.4, -0.2) is 23.6 Å². The average Bonchev–Trinajstić information content (AvgIpc) is 2.57. The van der Waals surface area contributed by atoms with Crippen molar-refractivity contribution in [2.75, 3.05) is 13.1 Å². The highest BCUT2D eigenvalue weighted by Gasteiger charge is 2.11. The quantitative estimate of drug-likeness (QED) is 0.753. The van der Waals surface area contributed by atoms with E-state index in [2.05, 4.69) is 43.3 Å². The smallest absolute Gasteiger partial charge is 0.211 e. The molecule has 0 aliphatic carbocycles. The Balaban J connectivity index is 2.23. The number of nitrogens with zero attached hydrogens (tertiary/aromatic N) is 1. The van der Waals surface area contributed by atoms with Crippen LogP contribution in [0.2, 0.25) is 0 Å². The van der Waals surface area contributed by atoms with Gasteiger partial charge in [-0.25, -0.2) is 4.98 Å². The molecular weight excluding hydrogens is 202 g/mol. The molecular formula is C12H23N3O. The van der Waals surface area contributed by atoms with E-state index in [0.29, 0.717) is 0 Å². The number of hydrogen-bond acceptors (Lipinski definition) is 4. The SMILES string of the molecule is Cc1cnc(C(C)NCCNC(C)(C)C)o1. The first-order chi connectivity index (χ1) is 7.38. The number of rotatable bonds is 5. The zero-order valence-corrected chi connectivity index (χ0v) is 10.9. The second kappa shape index (κ2) is 5.46. The Morgan fingerprint density at radius 2 is 2.06 bits per heavy atom. The predicted octanol–water partition coefficient (Wildman–Crippen LogP) is 2.02. The van der Waals surface area contributed by atoms with E-state index in [1.54, 1.807) is 6.20 Å². The molecule has 1 rings (SSSR count). The molecule has 0 aromatic carbocycles. The van der Waals surface area contributed by atoms with Crippen LogP contribution in [0.3, 0.4) is 0 Å². The highest BCUT2D eigenvalue weighted by molar-refractivity contribution is 4.94. The summed E-state index contributed by atoms with van der Waals surface area (Å²) in [7, 11) is 0. The Morgan fingerprint density at radius 3 is 2.56 bits per heavy atom. The molecule has 0 amide bonds. The molecule has 1 unspecified atom stereocenters. The molecule has 92 valence electrons. The summed E-state index contributed by atoms with van der Waals surface area (Å²) in [6, 6.07) is 0.162. The van der Waals surface area contributed by atoms with Crippen LogP contribution in [0.4, 0.5) is 0 Å². The molecule has 4 heteroatoms. The molecule has 1 aromatic rings. The van der Waals surface area contributed by atoms with E-state index in [9.17, 15) is 0 Å².